The molecule has 0 fully saturated rings. The number of nitrogens with zero attached hydrogens (tertiary/aromatic N) is 12. The second kappa shape index (κ2) is 51.8. The minimum atomic E-state index is -1.62. The Morgan fingerprint density at radius 3 is 0.932 bits per heavy atom. The van der Waals surface area contributed by atoms with Crippen LogP contribution in [0.25, 0.3) is 52.0 Å². The predicted octanol–water partition coefficient (Wildman–Crippen LogP) is 25.3. The number of aryl methyl sites for hydroxylation is 2. The molecule has 3 unspecified atom stereocenters. The number of para-hydroxylation sites is 3. The first kappa shape index (κ1) is 111. The smallest absolute Gasteiger partial charge is 0.259 e. The van der Waals surface area contributed by atoms with E-state index in [0.717, 1.165) is 186 Å². The number of rotatable bonds is 37. The number of aliphatic hydroxyl groups excluding tert-OH is 1. The first-order valence-electron chi connectivity index (χ1n) is 50.5. The zero-order chi connectivity index (χ0) is 106. The molecule has 8 aromatic carbocycles. The molecule has 26 heteroatoms. The van der Waals surface area contributed by atoms with Crippen molar-refractivity contribution in [3.63, 3.8) is 0 Å². The van der Waals surface area contributed by atoms with Gasteiger partial charge in [-0.3, -0.25) is 57.9 Å². The highest BCUT2D eigenvalue weighted by Gasteiger charge is 2.49. The standard InChI is InChI=1S/C41H42N4O5S.C41H42N4O3S.C39H46N4O3S/c1-5-7-22-44(23-8-6-2)41-43-36(35-29(26-46)18-15-21-33(35)50-4)34(51-41)24-31-27(3)32(25-42)39(48)37(38(31)47)45(30-19-13-10-14-20-30)40(49)28-16-11-9-12-17-28;1-6-8-23-44(24-9-7-2)41-43-36(35-27(3)17-16-18-28(35)4)34(49-41)25-32-29(5)33(26-42)39(47)37(38(32)46)45(31-21-14-11-15-22-31)40(48)30-19-12-10-13-20-30;1-10-12-19-42(20-13-11-2)39-41-35(34-26(6)24(4)23(3)25(5)27(34)7)33(47-39)21-31-28(8)32(22-40)38(46)36(37(31)45)43(29(9)44)30-17-15-14-16-18-30/h9-21,24,37,46H,5-8,22-23,26H2,1-4H3;10-22,25,37H,6-9,23-24H2,1-5H3;14-18,21,36H,10-13,19-20H2,1-9H3/b31-24-;32-25-;31-21-. The number of aromatic nitrogens is 3. The zero-order valence-electron chi connectivity index (χ0n) is 87.4. The number of aliphatic hydroxyl groups is 1. The number of hydrogen-bond acceptors (Lipinski definition) is 23. The number of ketones is 6. The summed E-state index contributed by atoms with van der Waals surface area (Å²) in [6.07, 6.45) is 17.5. The third-order valence-electron chi connectivity index (χ3n) is 27.3. The minimum absolute atomic E-state index is 0.115. The number of anilines is 6. The van der Waals surface area contributed by atoms with E-state index in [1.54, 1.807) is 216 Å². The second-order valence-corrected chi connectivity index (χ2v) is 40.0. The maximum atomic E-state index is 14.8. The molecular weight excluding hydrogens is 1890 g/mol. The van der Waals surface area contributed by atoms with E-state index >= 15 is 0 Å². The van der Waals surface area contributed by atoms with E-state index < -0.39 is 70.5 Å². The maximum Gasteiger partial charge on any atom is 0.259 e. The fraction of sp³-hybridized carbons (Fsp3) is 0.331. The molecule has 0 aliphatic heterocycles. The fourth-order valence-electron chi connectivity index (χ4n) is 18.6. The summed E-state index contributed by atoms with van der Waals surface area (Å²) < 4.78 is 5.75. The molecule has 0 radical (unpaired) electrons. The molecule has 3 aliphatic carbocycles. The molecular formula is C121H130N12O11S3. The van der Waals surface area contributed by atoms with Crippen LogP contribution in [0.3, 0.4) is 0 Å². The fourth-order valence-corrected chi connectivity index (χ4v) is 21.8. The first-order valence-corrected chi connectivity index (χ1v) is 53.0. The lowest BCUT2D eigenvalue weighted by Gasteiger charge is -2.33. The average molecular weight is 2020 g/mol. The van der Waals surface area contributed by atoms with E-state index in [2.05, 4.69) is 123 Å². The van der Waals surface area contributed by atoms with Crippen molar-refractivity contribution in [3.8, 4) is 57.7 Å². The van der Waals surface area contributed by atoms with Crippen LogP contribution in [0.1, 0.15) is 226 Å². The summed E-state index contributed by atoms with van der Waals surface area (Å²) in [6.45, 7) is 38.7. The summed E-state index contributed by atoms with van der Waals surface area (Å²) in [6, 6.07) is 55.9. The Labute approximate surface area is 876 Å². The molecule has 3 aromatic heterocycles. The maximum absolute atomic E-state index is 14.8. The van der Waals surface area contributed by atoms with Gasteiger partial charge in [-0.25, -0.2) is 15.0 Å². The summed E-state index contributed by atoms with van der Waals surface area (Å²) in [4.78, 5) is 155. The van der Waals surface area contributed by atoms with E-state index in [4.69, 9.17) is 19.7 Å². The number of Topliss-reactive ketones (excluding diaryl/α,β-unsaturated/α-hetero) is 6. The Morgan fingerprint density at radius 2 is 0.639 bits per heavy atom. The van der Waals surface area contributed by atoms with E-state index in [0.29, 0.717) is 66.8 Å². The third-order valence-corrected chi connectivity index (χ3v) is 30.5. The highest BCUT2D eigenvalue weighted by atomic mass is 32.1. The van der Waals surface area contributed by atoms with Crippen LogP contribution in [0, 0.1) is 82.5 Å². The normalized spacial score (nSPS) is 15.5. The number of carbonyl (C=O) groups is 9. The van der Waals surface area contributed by atoms with Crippen LogP contribution in [-0.2, 0) is 40.2 Å². The molecule has 1 N–H and O–H groups in total. The van der Waals surface area contributed by atoms with Crippen molar-refractivity contribution in [1.82, 2.24) is 15.0 Å². The van der Waals surface area contributed by atoms with Gasteiger partial charge in [-0.1, -0.05) is 235 Å². The van der Waals surface area contributed by atoms with Gasteiger partial charge in [-0.05, 0) is 254 Å². The number of unbranched alkanes of at least 4 members (excludes halogenated alkanes) is 6. The van der Waals surface area contributed by atoms with Crippen LogP contribution in [0.4, 0.5) is 32.5 Å². The minimum Gasteiger partial charge on any atom is -0.496 e. The van der Waals surface area contributed by atoms with Crippen LogP contribution in [-0.4, -0.2) is 137 Å². The van der Waals surface area contributed by atoms with Gasteiger partial charge in [0, 0.05) is 108 Å². The van der Waals surface area contributed by atoms with Crippen LogP contribution in [0.5, 0.6) is 5.75 Å². The summed E-state index contributed by atoms with van der Waals surface area (Å²) in [7, 11) is 1.55. The van der Waals surface area contributed by atoms with E-state index in [-0.39, 0.29) is 45.6 Å². The van der Waals surface area contributed by atoms with Gasteiger partial charge < -0.3 is 24.5 Å². The van der Waals surface area contributed by atoms with Crippen molar-refractivity contribution in [3.05, 3.63) is 308 Å². The lowest BCUT2D eigenvalue weighted by molar-refractivity contribution is -0.129. The summed E-state index contributed by atoms with van der Waals surface area (Å²) in [5.41, 5.74) is 16.1. The molecule has 23 nitrogen and oxygen atoms in total. The number of methoxy groups -OCH3 is 1. The molecule has 3 atom stereocenters. The van der Waals surface area contributed by atoms with Crippen molar-refractivity contribution in [1.29, 1.82) is 15.8 Å². The molecule has 14 rings (SSSR count). The van der Waals surface area contributed by atoms with Gasteiger partial charge in [0.25, 0.3) is 11.8 Å². The topological polar surface area (TPSA) is 313 Å². The molecule has 3 aliphatic rings. The monoisotopic (exact) mass is 2020 g/mol. The number of carbonyl (C=O) groups excluding carboxylic acids is 9. The highest BCUT2D eigenvalue weighted by molar-refractivity contribution is 7.17. The van der Waals surface area contributed by atoms with Crippen LogP contribution >= 0.6 is 34.0 Å². The van der Waals surface area contributed by atoms with Crippen molar-refractivity contribution in [2.45, 2.75) is 219 Å². The van der Waals surface area contributed by atoms with Gasteiger partial charge >= 0.3 is 0 Å². The van der Waals surface area contributed by atoms with Crippen molar-refractivity contribution in [2.24, 2.45) is 0 Å². The Kier molecular flexibility index (Phi) is 39.1. The number of amides is 3. The molecule has 758 valence electrons. The molecule has 0 spiro atoms. The number of ether oxygens (including phenoxy) is 1. The Hall–Kier alpha value is -14.9. The lowest BCUT2D eigenvalue weighted by Crippen LogP contribution is -2.53. The third kappa shape index (κ3) is 24.4. The first-order chi connectivity index (χ1) is 70.9. The van der Waals surface area contributed by atoms with E-state index in [1.807, 2.05) is 18.2 Å². The van der Waals surface area contributed by atoms with Gasteiger partial charge in [0.05, 0.1) is 45.4 Å². The highest BCUT2D eigenvalue weighted by Crippen LogP contribution is 2.48. The van der Waals surface area contributed by atoms with Crippen LogP contribution in [0.15, 0.2) is 238 Å². The largest absolute Gasteiger partial charge is 0.496 e. The lowest BCUT2D eigenvalue weighted by atomic mass is 9.81. The Bertz CT molecular complexity index is 6990. The number of thiazole rings is 3. The van der Waals surface area contributed by atoms with Crippen molar-refractivity contribution >= 4 is 137 Å². The summed E-state index contributed by atoms with van der Waals surface area (Å²) >= 11 is 4.44. The van der Waals surface area contributed by atoms with Gasteiger partial charge in [0.2, 0.25) is 23.3 Å². The second-order valence-electron chi connectivity index (χ2n) is 37.0. The number of hydrogen-bond donors (Lipinski definition) is 1. The number of nitriles is 3. The van der Waals surface area contributed by atoms with Gasteiger partial charge in [-0.15, -0.1) is 0 Å². The SMILES string of the molecule is CCCCN(CCCC)c1nc(-c2c(C)c(C)c(C)c(C)c2C)c(/C=C2\C(=O)C(N(C(C)=O)c3ccccc3)C(=O)C(C#N)=C2C)s1.CCCCN(CCCC)c1nc(-c2c(C)cccc2C)c(/C=C2\C(=O)C(N(C(=O)c3ccccc3)c3ccccc3)C(=O)C(C#N)=C2C)s1.CCCCN(CCCC)c1nc(-c2c(CO)cccc2OC)c(/C=C2\C(=O)C(N(C(=O)c3ccccc3)c3ccccc3)C(=O)C(C#N)=C2C)s1. The summed E-state index contributed by atoms with van der Waals surface area (Å²) in [5, 5.41) is 43.7. The predicted molar refractivity (Wildman–Crippen MR) is 594 cm³/mol. The zero-order valence-corrected chi connectivity index (χ0v) is 89.9. The quantitative estimate of drug-likeness (QED) is 0.0279. The molecule has 0 saturated heterocycles. The molecule has 3 heterocycles. The Balaban J connectivity index is 0.000000196. The van der Waals surface area contributed by atoms with Gasteiger partial charge in [0.15, 0.2) is 50.9 Å². The summed E-state index contributed by atoms with van der Waals surface area (Å²) in [5.74, 6) is -4.77. The van der Waals surface area contributed by atoms with Crippen molar-refractivity contribution < 1.29 is 53.0 Å². The van der Waals surface area contributed by atoms with Crippen molar-refractivity contribution in [2.75, 3.05) is 75.8 Å². The molecule has 147 heavy (non-hydrogen) atoms. The number of benzene rings is 8. The molecule has 0 saturated carbocycles. The van der Waals surface area contributed by atoms with Gasteiger partial charge in [0.1, 0.15) is 40.7 Å². The molecule has 11 aromatic rings. The van der Waals surface area contributed by atoms with E-state index in [1.165, 1.54) is 72.3 Å². The molecule has 3 amide bonds. The van der Waals surface area contributed by atoms with E-state index in [9.17, 15) is 64.0 Å². The average Bonchev–Trinajstić information content (AvgIpc) is 1.34. The number of allylic oxidation sites excluding steroid dienone is 3. The van der Waals surface area contributed by atoms with Crippen LogP contribution < -0.4 is 34.1 Å². The Morgan fingerprint density at radius 1 is 0.361 bits per heavy atom. The molecule has 0 bridgehead atoms. The van der Waals surface area contributed by atoms with Gasteiger partial charge in [-0.2, -0.15) is 15.8 Å². The van der Waals surface area contributed by atoms with Crippen LogP contribution in [0.2, 0.25) is 0 Å².